The third-order valence-electron chi connectivity index (χ3n) is 2.21. The van der Waals surface area contributed by atoms with Crippen LogP contribution in [0.1, 0.15) is 50.9 Å². The van der Waals surface area contributed by atoms with E-state index in [9.17, 15) is 4.79 Å². The number of aromatic nitrogens is 1. The van der Waals surface area contributed by atoms with Crippen molar-refractivity contribution in [3.63, 3.8) is 0 Å². The number of ether oxygens (including phenoxy) is 1. The first-order valence-corrected chi connectivity index (χ1v) is 7.03. The van der Waals surface area contributed by atoms with Crippen molar-refractivity contribution in [2.45, 2.75) is 52.7 Å². The lowest BCUT2D eigenvalue weighted by Gasteiger charge is -2.19. The highest BCUT2D eigenvalue weighted by atomic mass is 32.1. The molecule has 0 fully saturated rings. The Labute approximate surface area is 113 Å². The number of thiazole rings is 1. The molecule has 0 saturated heterocycles. The summed E-state index contributed by atoms with van der Waals surface area (Å²) < 4.78 is 5.24. The zero-order valence-electron chi connectivity index (χ0n) is 11.7. The molecular weight excluding hydrogens is 248 g/mol. The molecule has 102 valence electrons. The zero-order valence-corrected chi connectivity index (χ0v) is 12.6. The maximum absolute atomic E-state index is 11.5. The molecular formula is C13H22N2O2S. The van der Waals surface area contributed by atoms with Gasteiger partial charge in [-0.15, -0.1) is 11.3 Å². The summed E-state index contributed by atoms with van der Waals surface area (Å²) >= 11 is 1.64. The van der Waals surface area contributed by atoms with E-state index in [1.165, 1.54) is 0 Å². The molecule has 18 heavy (non-hydrogen) atoms. The van der Waals surface area contributed by atoms with Gasteiger partial charge < -0.3 is 10.1 Å². The molecule has 1 unspecified atom stereocenters. The molecule has 1 atom stereocenters. The van der Waals surface area contributed by atoms with Crippen LogP contribution < -0.4 is 5.32 Å². The second-order valence-corrected chi connectivity index (χ2v) is 6.23. The summed E-state index contributed by atoms with van der Waals surface area (Å²) in [5, 5.41) is 6.36. The van der Waals surface area contributed by atoms with E-state index in [1.807, 2.05) is 40.0 Å². The Morgan fingerprint density at radius 1 is 1.56 bits per heavy atom. The van der Waals surface area contributed by atoms with E-state index in [4.69, 9.17) is 4.74 Å². The number of carbonyl (C=O) groups is 1. The number of nitrogens with one attached hydrogen (secondary N) is 1. The Morgan fingerprint density at radius 3 is 2.72 bits per heavy atom. The van der Waals surface area contributed by atoms with Crippen LogP contribution in [0.4, 0.5) is 0 Å². The third kappa shape index (κ3) is 5.60. The van der Waals surface area contributed by atoms with Crippen LogP contribution in [-0.2, 0) is 9.53 Å². The van der Waals surface area contributed by atoms with Crippen molar-refractivity contribution >= 4 is 17.3 Å². The summed E-state index contributed by atoms with van der Waals surface area (Å²) in [6.45, 7) is 10.3. The first-order chi connectivity index (χ1) is 8.28. The zero-order chi connectivity index (χ0) is 13.8. The van der Waals surface area contributed by atoms with Crippen LogP contribution in [-0.4, -0.2) is 23.1 Å². The molecule has 1 heterocycles. The standard InChI is InChI=1S/C13H22N2O2S/c1-9-8-18-12(15-9)10(2)14-7-6-11(16)17-13(3,4)5/h8,10,14H,6-7H2,1-5H3. The topological polar surface area (TPSA) is 51.2 Å². The van der Waals surface area contributed by atoms with Gasteiger partial charge in [-0.3, -0.25) is 4.79 Å². The van der Waals surface area contributed by atoms with Crippen LogP contribution in [0.25, 0.3) is 0 Å². The lowest BCUT2D eigenvalue weighted by atomic mass is 10.2. The number of aryl methyl sites for hydroxylation is 1. The first-order valence-electron chi connectivity index (χ1n) is 6.15. The first kappa shape index (κ1) is 15.1. The second kappa shape index (κ2) is 6.29. The minimum atomic E-state index is -0.408. The van der Waals surface area contributed by atoms with E-state index >= 15 is 0 Å². The van der Waals surface area contributed by atoms with Crippen molar-refractivity contribution < 1.29 is 9.53 Å². The molecule has 0 spiro atoms. The Kier molecular flexibility index (Phi) is 5.28. The summed E-state index contributed by atoms with van der Waals surface area (Å²) in [6, 6.07) is 0.172. The smallest absolute Gasteiger partial charge is 0.307 e. The molecule has 0 bridgehead atoms. The van der Waals surface area contributed by atoms with Crippen molar-refractivity contribution in [2.75, 3.05) is 6.54 Å². The van der Waals surface area contributed by atoms with Crippen molar-refractivity contribution in [3.05, 3.63) is 16.1 Å². The molecule has 1 aromatic heterocycles. The normalized spacial score (nSPS) is 13.4. The molecule has 0 saturated carbocycles. The van der Waals surface area contributed by atoms with E-state index in [0.29, 0.717) is 13.0 Å². The van der Waals surface area contributed by atoms with Crippen LogP contribution in [0.3, 0.4) is 0 Å². The van der Waals surface area contributed by atoms with Crippen molar-refractivity contribution in [2.24, 2.45) is 0 Å². The van der Waals surface area contributed by atoms with Crippen LogP contribution >= 0.6 is 11.3 Å². The molecule has 0 radical (unpaired) electrons. The highest BCUT2D eigenvalue weighted by Gasteiger charge is 2.16. The Morgan fingerprint density at radius 2 is 2.22 bits per heavy atom. The number of carbonyl (C=O) groups excluding carboxylic acids is 1. The van der Waals surface area contributed by atoms with E-state index in [1.54, 1.807) is 11.3 Å². The largest absolute Gasteiger partial charge is 0.460 e. The molecule has 1 aromatic rings. The molecule has 4 nitrogen and oxygen atoms in total. The van der Waals surface area contributed by atoms with Gasteiger partial charge in [0.2, 0.25) is 0 Å². The molecule has 0 aromatic carbocycles. The predicted molar refractivity (Wildman–Crippen MR) is 73.7 cm³/mol. The summed E-state index contributed by atoms with van der Waals surface area (Å²) in [6.07, 6.45) is 0.381. The van der Waals surface area contributed by atoms with Gasteiger partial charge in [-0.25, -0.2) is 4.98 Å². The fourth-order valence-corrected chi connectivity index (χ4v) is 2.27. The average Bonchev–Trinajstić information content (AvgIpc) is 2.62. The van der Waals surface area contributed by atoms with Crippen molar-refractivity contribution in [1.29, 1.82) is 0 Å². The van der Waals surface area contributed by atoms with Gasteiger partial charge in [0.05, 0.1) is 12.5 Å². The molecule has 0 amide bonds. The molecule has 1 rings (SSSR count). The monoisotopic (exact) mass is 270 g/mol. The van der Waals surface area contributed by atoms with Gasteiger partial charge in [0.25, 0.3) is 0 Å². The maximum atomic E-state index is 11.5. The highest BCUT2D eigenvalue weighted by Crippen LogP contribution is 2.17. The average molecular weight is 270 g/mol. The lowest BCUT2D eigenvalue weighted by Crippen LogP contribution is -2.27. The second-order valence-electron chi connectivity index (χ2n) is 5.34. The lowest BCUT2D eigenvalue weighted by molar-refractivity contribution is -0.154. The fourth-order valence-electron chi connectivity index (χ4n) is 1.44. The van der Waals surface area contributed by atoms with Crippen LogP contribution in [0.15, 0.2) is 5.38 Å². The van der Waals surface area contributed by atoms with Gasteiger partial charge in [-0.1, -0.05) is 0 Å². The van der Waals surface area contributed by atoms with Crippen LogP contribution in [0.2, 0.25) is 0 Å². The quantitative estimate of drug-likeness (QED) is 0.836. The number of nitrogens with zero attached hydrogens (tertiary/aromatic N) is 1. The molecule has 5 heteroatoms. The number of hydrogen-bond donors (Lipinski definition) is 1. The van der Waals surface area contributed by atoms with Gasteiger partial charge in [-0.05, 0) is 34.6 Å². The van der Waals surface area contributed by atoms with Gasteiger partial charge in [0.1, 0.15) is 10.6 Å². The van der Waals surface area contributed by atoms with Gasteiger partial charge in [0.15, 0.2) is 0 Å². The summed E-state index contributed by atoms with van der Waals surface area (Å²) in [5.41, 5.74) is 0.630. The van der Waals surface area contributed by atoms with Crippen molar-refractivity contribution in [1.82, 2.24) is 10.3 Å². The molecule has 1 N–H and O–H groups in total. The summed E-state index contributed by atoms with van der Waals surface area (Å²) in [7, 11) is 0. The van der Waals surface area contributed by atoms with Crippen LogP contribution in [0.5, 0.6) is 0 Å². The van der Waals surface area contributed by atoms with Gasteiger partial charge in [0, 0.05) is 17.6 Å². The number of hydrogen-bond acceptors (Lipinski definition) is 5. The molecule has 0 aliphatic rings. The highest BCUT2D eigenvalue weighted by molar-refractivity contribution is 7.09. The minimum absolute atomic E-state index is 0.169. The van der Waals surface area contributed by atoms with E-state index in [2.05, 4.69) is 10.3 Å². The Balaban J connectivity index is 2.27. The Bertz CT molecular complexity index is 396. The third-order valence-corrected chi connectivity index (χ3v) is 3.35. The van der Waals surface area contributed by atoms with E-state index in [-0.39, 0.29) is 12.0 Å². The summed E-state index contributed by atoms with van der Waals surface area (Å²) in [4.78, 5) is 15.9. The fraction of sp³-hybridized carbons (Fsp3) is 0.692. The maximum Gasteiger partial charge on any atom is 0.307 e. The summed E-state index contributed by atoms with van der Waals surface area (Å²) in [5.74, 6) is -0.169. The van der Waals surface area contributed by atoms with E-state index < -0.39 is 5.60 Å². The van der Waals surface area contributed by atoms with E-state index in [0.717, 1.165) is 10.7 Å². The Hall–Kier alpha value is -0.940. The van der Waals surface area contributed by atoms with Crippen molar-refractivity contribution in [3.8, 4) is 0 Å². The minimum Gasteiger partial charge on any atom is -0.460 e. The number of rotatable bonds is 5. The SMILES string of the molecule is Cc1csc(C(C)NCCC(=O)OC(C)(C)C)n1. The van der Waals surface area contributed by atoms with Gasteiger partial charge in [-0.2, -0.15) is 0 Å². The molecule has 0 aliphatic carbocycles. The van der Waals surface area contributed by atoms with Gasteiger partial charge >= 0.3 is 5.97 Å². The number of esters is 1. The predicted octanol–water partition coefficient (Wildman–Crippen LogP) is 2.83. The van der Waals surface area contributed by atoms with Crippen LogP contribution in [0, 0.1) is 6.92 Å². The molecule has 0 aliphatic heterocycles.